The Morgan fingerprint density at radius 1 is 1.57 bits per heavy atom. The molecule has 0 aromatic carbocycles. The molecule has 0 bridgehead atoms. The standard InChI is InChI=1S/C11H16N2O/c1-8(2)11(7-14)5-10-6-12-13(4)9(10)3/h5-8H,1-4H3. The van der Waals surface area contributed by atoms with Crippen LogP contribution >= 0.6 is 0 Å². The molecule has 0 N–H and O–H groups in total. The van der Waals surface area contributed by atoms with E-state index in [9.17, 15) is 4.79 Å². The molecule has 0 radical (unpaired) electrons. The average Bonchev–Trinajstić information content (AvgIpc) is 2.44. The second kappa shape index (κ2) is 4.22. The van der Waals surface area contributed by atoms with Crippen molar-refractivity contribution < 1.29 is 4.79 Å². The highest BCUT2D eigenvalue weighted by molar-refractivity contribution is 5.82. The van der Waals surface area contributed by atoms with Crippen LogP contribution in [0.4, 0.5) is 0 Å². The summed E-state index contributed by atoms with van der Waals surface area (Å²) in [4.78, 5) is 10.8. The van der Waals surface area contributed by atoms with Crippen LogP contribution in [0, 0.1) is 12.8 Å². The minimum absolute atomic E-state index is 0.257. The predicted molar refractivity (Wildman–Crippen MR) is 56.8 cm³/mol. The predicted octanol–water partition coefficient (Wildman–Crippen LogP) is 1.97. The third-order valence-corrected chi connectivity index (χ3v) is 2.40. The van der Waals surface area contributed by atoms with Gasteiger partial charge >= 0.3 is 0 Å². The summed E-state index contributed by atoms with van der Waals surface area (Å²) in [6, 6.07) is 0. The van der Waals surface area contributed by atoms with Crippen molar-refractivity contribution in [1.82, 2.24) is 9.78 Å². The SMILES string of the molecule is Cc1c(C=C(C=O)C(C)C)cnn1C. The molecule has 0 aliphatic carbocycles. The Balaban J connectivity index is 3.06. The number of aldehydes is 1. The van der Waals surface area contributed by atoms with E-state index in [1.807, 2.05) is 33.9 Å². The molecule has 3 nitrogen and oxygen atoms in total. The number of rotatable bonds is 3. The van der Waals surface area contributed by atoms with Crippen molar-refractivity contribution in [2.75, 3.05) is 0 Å². The van der Waals surface area contributed by atoms with Crippen LogP contribution in [0.15, 0.2) is 11.8 Å². The molecule has 1 aromatic rings. The maximum atomic E-state index is 10.8. The van der Waals surface area contributed by atoms with Crippen LogP contribution < -0.4 is 0 Å². The van der Waals surface area contributed by atoms with Gasteiger partial charge in [0.25, 0.3) is 0 Å². The number of carbonyl (C=O) groups excluding carboxylic acids is 1. The van der Waals surface area contributed by atoms with Gasteiger partial charge in [-0.05, 0) is 24.5 Å². The molecule has 14 heavy (non-hydrogen) atoms. The van der Waals surface area contributed by atoms with Crippen LogP contribution in [-0.2, 0) is 11.8 Å². The van der Waals surface area contributed by atoms with Crippen molar-refractivity contribution in [1.29, 1.82) is 0 Å². The molecule has 1 heterocycles. The number of hydrogen-bond acceptors (Lipinski definition) is 2. The Kier molecular flexibility index (Phi) is 3.23. The van der Waals surface area contributed by atoms with Crippen LogP contribution in [-0.4, -0.2) is 16.1 Å². The van der Waals surface area contributed by atoms with Crippen molar-refractivity contribution in [3.05, 3.63) is 23.0 Å². The van der Waals surface area contributed by atoms with Gasteiger partial charge in [-0.15, -0.1) is 0 Å². The lowest BCUT2D eigenvalue weighted by molar-refractivity contribution is -0.105. The number of allylic oxidation sites excluding steroid dienone is 1. The van der Waals surface area contributed by atoms with E-state index in [4.69, 9.17) is 0 Å². The third-order valence-electron chi connectivity index (χ3n) is 2.40. The molecule has 76 valence electrons. The molecule has 0 saturated heterocycles. The second-order valence-electron chi connectivity index (χ2n) is 3.73. The molecular formula is C11H16N2O. The maximum absolute atomic E-state index is 10.8. The monoisotopic (exact) mass is 192 g/mol. The topological polar surface area (TPSA) is 34.9 Å². The maximum Gasteiger partial charge on any atom is 0.146 e. The Morgan fingerprint density at radius 2 is 2.21 bits per heavy atom. The lowest BCUT2D eigenvalue weighted by Crippen LogP contribution is -1.96. The van der Waals surface area contributed by atoms with E-state index < -0.39 is 0 Å². The van der Waals surface area contributed by atoms with Crippen LogP contribution in [0.5, 0.6) is 0 Å². The Morgan fingerprint density at radius 3 is 2.57 bits per heavy atom. The molecule has 1 aromatic heterocycles. The van der Waals surface area contributed by atoms with E-state index in [1.165, 1.54) is 0 Å². The van der Waals surface area contributed by atoms with Crippen LogP contribution in [0.3, 0.4) is 0 Å². The van der Waals surface area contributed by atoms with Crippen molar-refractivity contribution >= 4 is 12.4 Å². The Bertz CT molecular complexity index is 361. The lowest BCUT2D eigenvalue weighted by Gasteiger charge is -2.02. The molecule has 1 rings (SSSR count). The molecular weight excluding hydrogens is 176 g/mol. The number of carbonyl (C=O) groups is 1. The highest BCUT2D eigenvalue weighted by Gasteiger charge is 2.05. The summed E-state index contributed by atoms with van der Waals surface area (Å²) in [7, 11) is 1.89. The first kappa shape index (κ1) is 10.7. The van der Waals surface area contributed by atoms with Gasteiger partial charge in [-0.3, -0.25) is 9.48 Å². The second-order valence-corrected chi connectivity index (χ2v) is 3.73. The van der Waals surface area contributed by atoms with Crippen molar-refractivity contribution in [3.8, 4) is 0 Å². The van der Waals surface area contributed by atoms with Crippen LogP contribution in [0.25, 0.3) is 6.08 Å². The van der Waals surface area contributed by atoms with E-state index in [0.29, 0.717) is 0 Å². The van der Waals surface area contributed by atoms with Gasteiger partial charge in [0.1, 0.15) is 6.29 Å². The Hall–Kier alpha value is -1.38. The van der Waals surface area contributed by atoms with E-state index in [2.05, 4.69) is 5.10 Å². The van der Waals surface area contributed by atoms with Crippen molar-refractivity contribution in [2.24, 2.45) is 13.0 Å². The summed E-state index contributed by atoms with van der Waals surface area (Å²) < 4.78 is 1.80. The number of aryl methyl sites for hydroxylation is 1. The minimum atomic E-state index is 0.257. The summed E-state index contributed by atoms with van der Waals surface area (Å²) >= 11 is 0. The highest BCUT2D eigenvalue weighted by atomic mass is 16.1. The molecule has 0 aliphatic rings. The van der Waals surface area contributed by atoms with Gasteiger partial charge in [-0.25, -0.2) is 0 Å². The van der Waals surface area contributed by atoms with Gasteiger partial charge in [0.05, 0.1) is 6.20 Å². The molecule has 0 fully saturated rings. The fourth-order valence-electron chi connectivity index (χ4n) is 1.17. The lowest BCUT2D eigenvalue weighted by atomic mass is 10.0. The normalized spacial score (nSPS) is 12.2. The summed E-state index contributed by atoms with van der Waals surface area (Å²) in [5, 5.41) is 4.12. The molecule has 0 unspecified atom stereocenters. The molecule has 0 atom stereocenters. The van der Waals surface area contributed by atoms with Gasteiger partial charge < -0.3 is 0 Å². The fraction of sp³-hybridized carbons (Fsp3) is 0.455. The largest absolute Gasteiger partial charge is 0.298 e. The highest BCUT2D eigenvalue weighted by Crippen LogP contribution is 2.14. The first-order valence-corrected chi connectivity index (χ1v) is 4.71. The average molecular weight is 192 g/mol. The number of aromatic nitrogens is 2. The zero-order valence-electron chi connectivity index (χ0n) is 9.11. The molecule has 0 aliphatic heterocycles. The number of hydrogen-bond donors (Lipinski definition) is 0. The summed E-state index contributed by atoms with van der Waals surface area (Å²) in [6.07, 6.45) is 4.60. The van der Waals surface area contributed by atoms with E-state index in [0.717, 1.165) is 23.1 Å². The van der Waals surface area contributed by atoms with Gasteiger partial charge in [0.2, 0.25) is 0 Å². The van der Waals surface area contributed by atoms with E-state index in [-0.39, 0.29) is 5.92 Å². The summed E-state index contributed by atoms with van der Waals surface area (Å²) in [6.45, 7) is 6.00. The van der Waals surface area contributed by atoms with Crippen molar-refractivity contribution in [3.63, 3.8) is 0 Å². The number of nitrogens with zero attached hydrogens (tertiary/aromatic N) is 2. The Labute approximate surface area is 84.4 Å². The summed E-state index contributed by atoms with van der Waals surface area (Å²) in [5.41, 5.74) is 2.90. The van der Waals surface area contributed by atoms with Gasteiger partial charge in [0.15, 0.2) is 0 Å². The third kappa shape index (κ3) is 2.10. The molecule has 3 heteroatoms. The van der Waals surface area contributed by atoms with Gasteiger partial charge in [-0.2, -0.15) is 5.10 Å². The van der Waals surface area contributed by atoms with E-state index in [1.54, 1.807) is 10.9 Å². The smallest absolute Gasteiger partial charge is 0.146 e. The van der Waals surface area contributed by atoms with Crippen LogP contribution in [0.1, 0.15) is 25.1 Å². The molecule has 0 spiro atoms. The van der Waals surface area contributed by atoms with Crippen molar-refractivity contribution in [2.45, 2.75) is 20.8 Å². The first-order valence-electron chi connectivity index (χ1n) is 4.71. The zero-order chi connectivity index (χ0) is 10.7. The van der Waals surface area contributed by atoms with Crippen LogP contribution in [0.2, 0.25) is 0 Å². The van der Waals surface area contributed by atoms with E-state index >= 15 is 0 Å². The molecule has 0 amide bonds. The zero-order valence-corrected chi connectivity index (χ0v) is 9.11. The van der Waals surface area contributed by atoms with Gasteiger partial charge in [-0.1, -0.05) is 13.8 Å². The van der Waals surface area contributed by atoms with Gasteiger partial charge in [0, 0.05) is 18.3 Å². The minimum Gasteiger partial charge on any atom is -0.298 e. The quantitative estimate of drug-likeness (QED) is 0.542. The molecule has 0 saturated carbocycles. The fourth-order valence-corrected chi connectivity index (χ4v) is 1.17. The summed E-state index contributed by atoms with van der Waals surface area (Å²) in [5.74, 6) is 0.257. The first-order chi connectivity index (χ1) is 6.56.